The molecule has 0 bridgehead atoms. The fourth-order valence-electron chi connectivity index (χ4n) is 3.57. The molecule has 2 amide bonds. The number of carbonyl (C=O) groups excluding carboxylic acids is 1. The van der Waals surface area contributed by atoms with Crippen molar-refractivity contribution in [3.63, 3.8) is 0 Å². The average Bonchev–Trinajstić information content (AvgIpc) is 3.18. The van der Waals surface area contributed by atoms with Gasteiger partial charge in [-0.1, -0.05) is 12.1 Å². The SMILES string of the molecule is O=C(N[C@H]1CCS(=O)(=O)C1)N1CCC(c2nc3ccccc3o2)CC1. The predicted octanol–water partition coefficient (Wildman–Crippen LogP) is 1.90. The summed E-state index contributed by atoms with van der Waals surface area (Å²) in [5, 5.41) is 2.85. The lowest BCUT2D eigenvalue weighted by atomic mass is 9.97. The zero-order valence-corrected chi connectivity index (χ0v) is 14.7. The van der Waals surface area contributed by atoms with E-state index in [-0.39, 0.29) is 29.5 Å². The van der Waals surface area contributed by atoms with E-state index in [1.54, 1.807) is 4.90 Å². The van der Waals surface area contributed by atoms with Gasteiger partial charge in [0.05, 0.1) is 11.5 Å². The number of fused-ring (bicyclic) bond motifs is 1. The molecule has 25 heavy (non-hydrogen) atoms. The molecule has 1 aromatic carbocycles. The second-order valence-corrected chi connectivity index (χ2v) is 9.06. The molecule has 3 heterocycles. The number of likely N-dealkylation sites (tertiary alicyclic amines) is 1. The molecule has 134 valence electrons. The third-order valence-corrected chi connectivity index (χ3v) is 6.77. The van der Waals surface area contributed by atoms with Crippen LogP contribution >= 0.6 is 0 Å². The molecule has 0 unspecified atom stereocenters. The summed E-state index contributed by atoms with van der Waals surface area (Å²) in [5.74, 6) is 1.17. The van der Waals surface area contributed by atoms with E-state index < -0.39 is 9.84 Å². The largest absolute Gasteiger partial charge is 0.440 e. The first-order valence-electron chi connectivity index (χ1n) is 8.61. The first kappa shape index (κ1) is 16.4. The van der Waals surface area contributed by atoms with Crippen molar-refractivity contribution in [1.29, 1.82) is 0 Å². The number of nitrogens with one attached hydrogen (secondary N) is 1. The molecule has 1 aromatic heterocycles. The van der Waals surface area contributed by atoms with Crippen molar-refractivity contribution in [1.82, 2.24) is 15.2 Å². The number of piperidine rings is 1. The molecule has 0 saturated carbocycles. The van der Waals surface area contributed by atoms with Gasteiger partial charge in [0, 0.05) is 25.0 Å². The number of rotatable bonds is 2. The van der Waals surface area contributed by atoms with Gasteiger partial charge in [-0.05, 0) is 31.4 Å². The van der Waals surface area contributed by atoms with Gasteiger partial charge >= 0.3 is 6.03 Å². The second kappa shape index (κ2) is 6.33. The third-order valence-electron chi connectivity index (χ3n) is 5.00. The van der Waals surface area contributed by atoms with Gasteiger partial charge in [0.25, 0.3) is 0 Å². The monoisotopic (exact) mass is 363 g/mol. The first-order chi connectivity index (χ1) is 12.0. The van der Waals surface area contributed by atoms with E-state index in [0.717, 1.165) is 29.8 Å². The number of nitrogens with zero attached hydrogens (tertiary/aromatic N) is 2. The molecule has 0 radical (unpaired) electrons. The molecule has 0 aliphatic carbocycles. The van der Waals surface area contributed by atoms with Crippen molar-refractivity contribution < 1.29 is 17.6 Å². The zero-order chi connectivity index (χ0) is 17.4. The number of benzene rings is 1. The molecular weight excluding hydrogens is 342 g/mol. The Morgan fingerprint density at radius 1 is 1.20 bits per heavy atom. The summed E-state index contributed by atoms with van der Waals surface area (Å²) in [6, 6.07) is 7.27. The van der Waals surface area contributed by atoms with E-state index in [0.29, 0.717) is 19.5 Å². The molecule has 8 heteroatoms. The lowest BCUT2D eigenvalue weighted by molar-refractivity contribution is 0.175. The van der Waals surface area contributed by atoms with Crippen molar-refractivity contribution in [3.05, 3.63) is 30.2 Å². The van der Waals surface area contributed by atoms with Crippen LogP contribution in [0.1, 0.15) is 31.1 Å². The minimum absolute atomic E-state index is 0.0537. The van der Waals surface area contributed by atoms with Gasteiger partial charge in [0.15, 0.2) is 21.3 Å². The molecule has 0 spiro atoms. The van der Waals surface area contributed by atoms with Crippen molar-refractivity contribution >= 4 is 27.0 Å². The Morgan fingerprint density at radius 3 is 2.64 bits per heavy atom. The summed E-state index contributed by atoms with van der Waals surface area (Å²) < 4.78 is 28.8. The molecule has 1 N–H and O–H groups in total. The highest BCUT2D eigenvalue weighted by Gasteiger charge is 2.32. The average molecular weight is 363 g/mol. The number of sulfone groups is 1. The van der Waals surface area contributed by atoms with Crippen LogP contribution in [0.15, 0.2) is 28.7 Å². The summed E-state index contributed by atoms with van der Waals surface area (Å²) in [7, 11) is -2.98. The first-order valence-corrected chi connectivity index (χ1v) is 10.4. The number of para-hydroxylation sites is 2. The normalized spacial score (nSPS) is 23.8. The van der Waals surface area contributed by atoms with Crippen LogP contribution in [0.3, 0.4) is 0 Å². The van der Waals surface area contributed by atoms with Gasteiger partial charge in [-0.3, -0.25) is 0 Å². The molecule has 2 aromatic rings. The van der Waals surface area contributed by atoms with Crippen molar-refractivity contribution in [2.45, 2.75) is 31.2 Å². The van der Waals surface area contributed by atoms with Crippen molar-refractivity contribution in [2.75, 3.05) is 24.6 Å². The van der Waals surface area contributed by atoms with Gasteiger partial charge in [0.1, 0.15) is 5.52 Å². The topological polar surface area (TPSA) is 92.5 Å². The Balaban J connectivity index is 1.34. The summed E-state index contributed by atoms with van der Waals surface area (Å²) in [4.78, 5) is 18.6. The minimum Gasteiger partial charge on any atom is -0.440 e. The molecular formula is C17H21N3O4S. The van der Waals surface area contributed by atoms with Gasteiger partial charge in [-0.15, -0.1) is 0 Å². The Bertz CT molecular complexity index is 851. The number of aromatic nitrogens is 1. The summed E-state index contributed by atoms with van der Waals surface area (Å²) in [6.07, 6.45) is 2.10. The van der Waals surface area contributed by atoms with Crippen molar-refractivity contribution in [2.24, 2.45) is 0 Å². The number of oxazole rings is 1. The van der Waals surface area contributed by atoms with E-state index >= 15 is 0 Å². The highest BCUT2D eigenvalue weighted by atomic mass is 32.2. The van der Waals surface area contributed by atoms with Crippen LogP contribution in [0.5, 0.6) is 0 Å². The third kappa shape index (κ3) is 3.49. The smallest absolute Gasteiger partial charge is 0.317 e. The lowest BCUT2D eigenvalue weighted by Crippen LogP contribution is -2.48. The standard InChI is InChI=1S/C17H21N3O4S/c21-17(18-13-7-10-25(22,23)11-13)20-8-5-12(6-9-20)16-19-14-3-1-2-4-15(14)24-16/h1-4,12-13H,5-11H2,(H,18,21)/t13-/m0/s1. The Hall–Kier alpha value is -2.09. The number of hydrogen-bond donors (Lipinski definition) is 1. The summed E-state index contributed by atoms with van der Waals surface area (Å²) in [5.41, 5.74) is 1.65. The molecule has 2 saturated heterocycles. The zero-order valence-electron chi connectivity index (χ0n) is 13.8. The number of hydrogen-bond acceptors (Lipinski definition) is 5. The van der Waals surface area contributed by atoms with Crippen LogP contribution in [0.25, 0.3) is 11.1 Å². The molecule has 2 aliphatic rings. The highest BCUT2D eigenvalue weighted by Crippen LogP contribution is 2.30. The van der Waals surface area contributed by atoms with Gasteiger partial charge in [0.2, 0.25) is 0 Å². The van der Waals surface area contributed by atoms with E-state index in [1.165, 1.54) is 0 Å². The molecule has 2 aliphatic heterocycles. The Labute approximate surface area is 146 Å². The lowest BCUT2D eigenvalue weighted by Gasteiger charge is -2.31. The van der Waals surface area contributed by atoms with Crippen LogP contribution in [-0.4, -0.2) is 55.0 Å². The van der Waals surface area contributed by atoms with E-state index in [2.05, 4.69) is 10.3 Å². The fraction of sp³-hybridized carbons (Fsp3) is 0.529. The maximum Gasteiger partial charge on any atom is 0.317 e. The summed E-state index contributed by atoms with van der Waals surface area (Å²) in [6.45, 7) is 1.24. The fourth-order valence-corrected chi connectivity index (χ4v) is 5.24. The molecule has 2 fully saturated rings. The van der Waals surface area contributed by atoms with Gasteiger partial charge in [-0.2, -0.15) is 0 Å². The maximum atomic E-state index is 12.3. The van der Waals surface area contributed by atoms with E-state index in [9.17, 15) is 13.2 Å². The quantitative estimate of drug-likeness (QED) is 0.880. The summed E-state index contributed by atoms with van der Waals surface area (Å²) >= 11 is 0. The predicted molar refractivity (Wildman–Crippen MR) is 93.1 cm³/mol. The van der Waals surface area contributed by atoms with Crippen LogP contribution in [0, 0.1) is 0 Å². The van der Waals surface area contributed by atoms with Crippen LogP contribution in [0.4, 0.5) is 4.79 Å². The minimum atomic E-state index is -2.98. The van der Waals surface area contributed by atoms with Gasteiger partial charge in [-0.25, -0.2) is 18.2 Å². The maximum absolute atomic E-state index is 12.3. The Kier molecular flexibility index (Phi) is 4.15. The van der Waals surface area contributed by atoms with Crippen LogP contribution < -0.4 is 5.32 Å². The number of amides is 2. The highest BCUT2D eigenvalue weighted by molar-refractivity contribution is 7.91. The van der Waals surface area contributed by atoms with E-state index in [4.69, 9.17) is 4.42 Å². The molecule has 1 atom stereocenters. The van der Waals surface area contributed by atoms with Crippen molar-refractivity contribution in [3.8, 4) is 0 Å². The second-order valence-electron chi connectivity index (χ2n) is 6.83. The van der Waals surface area contributed by atoms with Crippen LogP contribution in [0.2, 0.25) is 0 Å². The van der Waals surface area contributed by atoms with Crippen LogP contribution in [-0.2, 0) is 9.84 Å². The van der Waals surface area contributed by atoms with E-state index in [1.807, 2.05) is 24.3 Å². The molecule has 4 rings (SSSR count). The number of carbonyl (C=O) groups is 1. The number of urea groups is 1. The molecule has 7 nitrogen and oxygen atoms in total. The Morgan fingerprint density at radius 2 is 1.96 bits per heavy atom. The van der Waals surface area contributed by atoms with Gasteiger partial charge < -0.3 is 14.6 Å².